The molecule has 4 rings (SSSR count). The highest BCUT2D eigenvalue weighted by atomic mass is 32.2. The Balaban J connectivity index is 1.57. The molecule has 2 heterocycles. The summed E-state index contributed by atoms with van der Waals surface area (Å²) in [7, 11) is -4.16. The van der Waals surface area contributed by atoms with Crippen LogP contribution in [-0.2, 0) is 19.6 Å². The van der Waals surface area contributed by atoms with Crippen molar-refractivity contribution < 1.29 is 27.9 Å². The van der Waals surface area contributed by atoms with Crippen LogP contribution in [0.15, 0.2) is 62.1 Å². The number of piperidine rings is 1. The second kappa shape index (κ2) is 11.6. The van der Waals surface area contributed by atoms with E-state index in [2.05, 4.69) is 9.71 Å². The molecule has 1 fully saturated rings. The Morgan fingerprint density at radius 3 is 2.68 bits per heavy atom. The van der Waals surface area contributed by atoms with Crippen molar-refractivity contribution in [2.24, 2.45) is 22.4 Å². The number of rotatable bonds is 9. The highest BCUT2D eigenvalue weighted by Gasteiger charge is 2.39. The number of para-hydroxylation sites is 1. The van der Waals surface area contributed by atoms with Crippen LogP contribution in [0.4, 0.5) is 0 Å². The monoisotopic (exact) mass is 561 g/mol. The van der Waals surface area contributed by atoms with Crippen LogP contribution in [0.2, 0.25) is 0 Å². The van der Waals surface area contributed by atoms with Crippen molar-refractivity contribution in [2.45, 2.75) is 59.4 Å². The zero-order chi connectivity index (χ0) is 27.4. The number of benzene rings is 2. The highest BCUT2D eigenvalue weighted by molar-refractivity contribution is 7.99. The lowest BCUT2D eigenvalue weighted by Gasteiger charge is -2.38. The molecule has 0 aliphatic carbocycles. The third-order valence-electron chi connectivity index (χ3n) is 6.49. The number of fused-ring (bicyclic) bond motifs is 2. The van der Waals surface area contributed by atoms with E-state index < -0.39 is 34.0 Å². The van der Waals surface area contributed by atoms with Gasteiger partial charge in [0, 0.05) is 13.1 Å². The SMILES string of the molecule is C[C@@H]1CCN(C(=O)[C@H](CCCN=C(N)N)NS(=O)(=O)c2ccc3c(c2)Sc2ccccc2O3)[C@@H](C(=O)O)C1. The Hall–Kier alpha value is -3.29. The summed E-state index contributed by atoms with van der Waals surface area (Å²) < 4.78 is 35.3. The first-order valence-electron chi connectivity index (χ1n) is 12.2. The molecular weight excluding hydrogens is 530 g/mol. The molecule has 1 saturated heterocycles. The molecule has 2 aromatic carbocycles. The fraction of sp³-hybridized carbons (Fsp3) is 0.400. The van der Waals surface area contributed by atoms with E-state index in [1.807, 2.05) is 31.2 Å². The number of carbonyl (C=O) groups is 2. The first-order chi connectivity index (χ1) is 18.0. The topological polar surface area (TPSA) is 177 Å². The van der Waals surface area contributed by atoms with E-state index in [0.29, 0.717) is 35.7 Å². The molecule has 11 nitrogen and oxygen atoms in total. The summed E-state index contributed by atoms with van der Waals surface area (Å²) in [4.78, 5) is 32.1. The highest BCUT2D eigenvalue weighted by Crippen LogP contribution is 2.47. The lowest BCUT2D eigenvalue weighted by Crippen LogP contribution is -2.56. The molecule has 0 bridgehead atoms. The normalized spacial score (nSPS) is 19.4. The summed E-state index contributed by atoms with van der Waals surface area (Å²) in [6.07, 6.45) is 1.33. The number of guanidine groups is 1. The molecule has 0 spiro atoms. The predicted octanol–water partition coefficient (Wildman–Crippen LogP) is 2.36. The molecule has 38 heavy (non-hydrogen) atoms. The molecule has 0 radical (unpaired) electrons. The Labute approximate surface area is 225 Å². The maximum absolute atomic E-state index is 13.6. The number of carboxylic acids is 1. The Morgan fingerprint density at radius 1 is 1.21 bits per heavy atom. The van der Waals surface area contributed by atoms with Crippen LogP contribution in [0.5, 0.6) is 11.5 Å². The van der Waals surface area contributed by atoms with Crippen molar-refractivity contribution >= 4 is 39.6 Å². The van der Waals surface area contributed by atoms with Gasteiger partial charge in [0.1, 0.15) is 23.6 Å². The van der Waals surface area contributed by atoms with E-state index in [-0.39, 0.29) is 36.3 Å². The largest absolute Gasteiger partial charge is 0.480 e. The molecule has 0 saturated carbocycles. The molecule has 6 N–H and O–H groups in total. The van der Waals surface area contributed by atoms with E-state index in [1.54, 1.807) is 6.07 Å². The number of aliphatic carboxylic acids is 1. The van der Waals surface area contributed by atoms with Gasteiger partial charge in [-0.25, -0.2) is 13.2 Å². The van der Waals surface area contributed by atoms with Gasteiger partial charge in [0.25, 0.3) is 0 Å². The first kappa shape index (κ1) is 27.7. The van der Waals surface area contributed by atoms with E-state index in [1.165, 1.54) is 28.8 Å². The average Bonchev–Trinajstić information content (AvgIpc) is 2.88. The van der Waals surface area contributed by atoms with Crippen molar-refractivity contribution in [1.29, 1.82) is 0 Å². The minimum absolute atomic E-state index is 0.0317. The number of sulfonamides is 1. The molecule has 2 aliphatic rings. The van der Waals surface area contributed by atoms with E-state index in [4.69, 9.17) is 16.2 Å². The van der Waals surface area contributed by atoms with Crippen LogP contribution in [-0.4, -0.2) is 61.4 Å². The van der Waals surface area contributed by atoms with Crippen LogP contribution in [0, 0.1) is 5.92 Å². The number of aliphatic imine (C=N–C) groups is 1. The van der Waals surface area contributed by atoms with E-state index in [9.17, 15) is 23.1 Å². The van der Waals surface area contributed by atoms with Gasteiger partial charge in [-0.05, 0) is 61.9 Å². The number of nitrogens with one attached hydrogen (secondary N) is 1. The number of carboxylic acid groups (broad SMARTS) is 1. The van der Waals surface area contributed by atoms with Gasteiger partial charge in [-0.3, -0.25) is 9.79 Å². The first-order valence-corrected chi connectivity index (χ1v) is 14.5. The number of hydrogen-bond acceptors (Lipinski definition) is 7. The van der Waals surface area contributed by atoms with Gasteiger partial charge in [-0.1, -0.05) is 30.8 Å². The van der Waals surface area contributed by atoms with Gasteiger partial charge >= 0.3 is 5.97 Å². The van der Waals surface area contributed by atoms with Crippen LogP contribution >= 0.6 is 11.8 Å². The molecule has 3 atom stereocenters. The van der Waals surface area contributed by atoms with Crippen molar-refractivity contribution in [1.82, 2.24) is 9.62 Å². The minimum atomic E-state index is -4.16. The summed E-state index contributed by atoms with van der Waals surface area (Å²) in [5.74, 6) is -0.448. The fourth-order valence-electron chi connectivity index (χ4n) is 4.51. The number of likely N-dealkylation sites (tertiary alicyclic amines) is 1. The fourth-order valence-corrected chi connectivity index (χ4v) is 6.82. The van der Waals surface area contributed by atoms with Gasteiger partial charge in [-0.2, -0.15) is 4.72 Å². The summed E-state index contributed by atoms with van der Waals surface area (Å²) >= 11 is 1.39. The molecule has 2 aliphatic heterocycles. The number of carbonyl (C=O) groups excluding carboxylic acids is 1. The third kappa shape index (κ3) is 6.40. The molecule has 0 aromatic heterocycles. The van der Waals surface area contributed by atoms with Crippen LogP contribution < -0.4 is 20.9 Å². The second-order valence-electron chi connectivity index (χ2n) is 9.40. The predicted molar refractivity (Wildman–Crippen MR) is 143 cm³/mol. The summed E-state index contributed by atoms with van der Waals surface area (Å²) in [6, 6.07) is 9.73. The van der Waals surface area contributed by atoms with Gasteiger partial charge in [0.2, 0.25) is 15.9 Å². The van der Waals surface area contributed by atoms with E-state index >= 15 is 0 Å². The van der Waals surface area contributed by atoms with Crippen molar-refractivity contribution in [2.75, 3.05) is 13.1 Å². The lowest BCUT2D eigenvalue weighted by molar-refractivity contribution is -0.153. The molecular formula is C25H31N5O6S2. The lowest BCUT2D eigenvalue weighted by atomic mass is 9.91. The standard InChI is InChI=1S/C25H31N5O6S2/c1-15-10-12-30(18(13-15)24(32)33)23(31)17(5-4-11-28-25(26)27)29-38(34,35)16-8-9-20-22(14-16)37-21-7-3-2-6-19(21)36-20/h2-3,6-9,14-15,17-18,29H,4-5,10-13H2,1H3,(H,32,33)(H4,26,27,28)/t15-,17+,18-/m1/s1. The number of amides is 1. The van der Waals surface area contributed by atoms with Crippen LogP contribution in [0.1, 0.15) is 32.6 Å². The third-order valence-corrected chi connectivity index (χ3v) is 9.05. The van der Waals surface area contributed by atoms with Crippen molar-refractivity contribution in [3.63, 3.8) is 0 Å². The number of nitrogens with zero attached hydrogens (tertiary/aromatic N) is 2. The quantitative estimate of drug-likeness (QED) is 0.173. The summed E-state index contributed by atoms with van der Waals surface area (Å²) in [5, 5.41) is 9.73. The van der Waals surface area contributed by atoms with Crippen LogP contribution in [0.25, 0.3) is 0 Å². The summed E-state index contributed by atoms with van der Waals surface area (Å²) in [5.41, 5.74) is 10.8. The molecule has 13 heteroatoms. The summed E-state index contributed by atoms with van der Waals surface area (Å²) in [6.45, 7) is 2.36. The van der Waals surface area contributed by atoms with Crippen molar-refractivity contribution in [3.8, 4) is 11.5 Å². The zero-order valence-electron chi connectivity index (χ0n) is 20.9. The Bertz CT molecular complexity index is 1350. The molecule has 204 valence electrons. The number of nitrogens with two attached hydrogens (primary N) is 2. The number of ether oxygens (including phenoxy) is 1. The Morgan fingerprint density at radius 2 is 1.95 bits per heavy atom. The second-order valence-corrected chi connectivity index (χ2v) is 12.2. The van der Waals surface area contributed by atoms with Crippen molar-refractivity contribution in [3.05, 3.63) is 42.5 Å². The molecule has 0 unspecified atom stereocenters. The van der Waals surface area contributed by atoms with Gasteiger partial charge in [0.15, 0.2) is 5.96 Å². The zero-order valence-corrected chi connectivity index (χ0v) is 22.5. The maximum atomic E-state index is 13.6. The van der Waals surface area contributed by atoms with Gasteiger partial charge < -0.3 is 26.2 Å². The van der Waals surface area contributed by atoms with Gasteiger partial charge in [-0.15, -0.1) is 0 Å². The maximum Gasteiger partial charge on any atom is 0.326 e. The average molecular weight is 562 g/mol. The Kier molecular flexibility index (Phi) is 8.48. The van der Waals surface area contributed by atoms with Gasteiger partial charge in [0.05, 0.1) is 14.7 Å². The molecule has 1 amide bonds. The smallest absolute Gasteiger partial charge is 0.326 e. The molecule has 2 aromatic rings. The van der Waals surface area contributed by atoms with Crippen LogP contribution in [0.3, 0.4) is 0 Å². The minimum Gasteiger partial charge on any atom is -0.480 e. The van der Waals surface area contributed by atoms with E-state index in [0.717, 1.165) is 4.90 Å². The number of hydrogen-bond donors (Lipinski definition) is 4.